The zero-order chi connectivity index (χ0) is 13.1. The summed E-state index contributed by atoms with van der Waals surface area (Å²) in [4.78, 5) is 15.9. The lowest BCUT2D eigenvalue weighted by molar-refractivity contribution is 0.0937. The largest absolute Gasteiger partial charge is 0.342 e. The minimum atomic E-state index is -0.401. The van der Waals surface area contributed by atoms with Gasteiger partial charge in [-0.25, -0.2) is 9.37 Å². The van der Waals surface area contributed by atoms with E-state index >= 15 is 0 Å². The molecule has 1 aromatic carbocycles. The molecule has 2 N–H and O–H groups in total. The van der Waals surface area contributed by atoms with E-state index in [1.54, 1.807) is 6.92 Å². The number of carbonyl (C=O) groups is 1. The predicted octanol–water partition coefficient (Wildman–Crippen LogP) is 2.20. The summed E-state index contributed by atoms with van der Waals surface area (Å²) in [5.74, 6) is -0.158. The van der Waals surface area contributed by atoms with Gasteiger partial charge < -0.3 is 5.32 Å². The first-order valence-electron chi connectivity index (χ1n) is 5.19. The summed E-state index contributed by atoms with van der Waals surface area (Å²) in [5.41, 5.74) is 0.364. The van der Waals surface area contributed by atoms with Crippen molar-refractivity contribution in [2.75, 3.05) is 0 Å². The third-order valence-corrected chi connectivity index (χ3v) is 3.02. The number of carbonyl (C=O) groups excluding carboxylic acids is 1. The molecule has 1 aromatic heterocycles. The molecule has 0 radical (unpaired) electrons. The summed E-state index contributed by atoms with van der Waals surface area (Å²) < 4.78 is 13.3. The Balaban J connectivity index is 2.12. The van der Waals surface area contributed by atoms with Crippen LogP contribution in [0.15, 0.2) is 29.0 Å². The number of rotatable bonds is 3. The third-order valence-electron chi connectivity index (χ3n) is 2.37. The second-order valence-corrected chi connectivity index (χ2v) is 4.54. The van der Waals surface area contributed by atoms with Crippen molar-refractivity contribution in [2.45, 2.75) is 13.0 Å². The van der Waals surface area contributed by atoms with Crippen molar-refractivity contribution in [3.63, 3.8) is 0 Å². The highest BCUT2D eigenvalue weighted by Gasteiger charge is 2.15. The van der Waals surface area contributed by atoms with Crippen LogP contribution in [0.1, 0.15) is 29.1 Å². The lowest BCUT2D eigenvalue weighted by atomic mass is 10.2. The average molecular weight is 313 g/mol. The predicted molar refractivity (Wildman–Crippen MR) is 66.4 cm³/mol. The molecule has 1 unspecified atom stereocenters. The molecule has 0 fully saturated rings. The highest BCUT2D eigenvalue weighted by Crippen LogP contribution is 2.18. The number of amides is 1. The normalized spacial score (nSPS) is 12.2. The topological polar surface area (TPSA) is 70.7 Å². The smallest absolute Gasteiger partial charge is 0.253 e. The Labute approximate surface area is 111 Å². The maximum absolute atomic E-state index is 12.9. The van der Waals surface area contributed by atoms with Crippen molar-refractivity contribution in [3.8, 4) is 0 Å². The van der Waals surface area contributed by atoms with Crippen LogP contribution in [0.3, 0.4) is 0 Å². The van der Waals surface area contributed by atoms with Crippen LogP contribution in [-0.2, 0) is 0 Å². The van der Waals surface area contributed by atoms with Crippen LogP contribution in [-0.4, -0.2) is 21.1 Å². The van der Waals surface area contributed by atoms with Gasteiger partial charge in [-0.15, -0.1) is 0 Å². The van der Waals surface area contributed by atoms with Crippen LogP contribution in [0, 0.1) is 5.82 Å². The van der Waals surface area contributed by atoms with Crippen molar-refractivity contribution < 1.29 is 9.18 Å². The fourth-order valence-electron chi connectivity index (χ4n) is 1.44. The molecule has 0 saturated heterocycles. The first-order valence-corrected chi connectivity index (χ1v) is 5.98. The van der Waals surface area contributed by atoms with Gasteiger partial charge in [0.2, 0.25) is 0 Å². The molecule has 94 valence electrons. The van der Waals surface area contributed by atoms with Crippen LogP contribution < -0.4 is 5.32 Å². The number of nitrogens with zero attached hydrogens (tertiary/aromatic N) is 2. The molecule has 1 atom stereocenters. The quantitative estimate of drug-likeness (QED) is 0.912. The summed E-state index contributed by atoms with van der Waals surface area (Å²) >= 11 is 3.15. The van der Waals surface area contributed by atoms with Crippen molar-refractivity contribution >= 4 is 21.8 Å². The zero-order valence-electron chi connectivity index (χ0n) is 9.45. The van der Waals surface area contributed by atoms with Crippen LogP contribution in [0.25, 0.3) is 0 Å². The molecule has 2 rings (SSSR count). The number of nitrogens with one attached hydrogen (secondary N) is 2. The number of hydrogen-bond donors (Lipinski definition) is 2. The highest BCUT2D eigenvalue weighted by molar-refractivity contribution is 9.10. The van der Waals surface area contributed by atoms with Crippen LogP contribution in [0.4, 0.5) is 4.39 Å². The van der Waals surface area contributed by atoms with Crippen molar-refractivity contribution in [2.24, 2.45) is 0 Å². The second-order valence-electron chi connectivity index (χ2n) is 3.69. The number of aromatic amines is 1. The molecule has 0 aliphatic heterocycles. The Morgan fingerprint density at radius 3 is 2.94 bits per heavy atom. The monoisotopic (exact) mass is 312 g/mol. The van der Waals surface area contributed by atoms with E-state index in [4.69, 9.17) is 0 Å². The van der Waals surface area contributed by atoms with Crippen LogP contribution in [0.5, 0.6) is 0 Å². The van der Waals surface area contributed by atoms with Gasteiger partial charge in [-0.3, -0.25) is 9.89 Å². The summed E-state index contributed by atoms with van der Waals surface area (Å²) in [5, 5.41) is 9.11. The molecule has 2 aromatic rings. The molecular weight excluding hydrogens is 303 g/mol. The van der Waals surface area contributed by atoms with Gasteiger partial charge in [-0.2, -0.15) is 5.10 Å². The maximum atomic E-state index is 12.9. The van der Waals surface area contributed by atoms with E-state index in [1.807, 2.05) is 0 Å². The second kappa shape index (κ2) is 5.26. The third kappa shape index (κ3) is 2.73. The minimum Gasteiger partial charge on any atom is -0.342 e. The van der Waals surface area contributed by atoms with E-state index in [0.717, 1.165) is 0 Å². The van der Waals surface area contributed by atoms with Crippen LogP contribution >= 0.6 is 15.9 Å². The standard InChI is InChI=1S/C11H10BrFN4O/c1-6(10-14-5-15-17-10)16-11(18)8-3-2-7(13)4-9(8)12/h2-6H,1H3,(H,16,18)(H,14,15,17). The fraction of sp³-hybridized carbons (Fsp3) is 0.182. The molecule has 1 amide bonds. The highest BCUT2D eigenvalue weighted by atomic mass is 79.9. The van der Waals surface area contributed by atoms with Gasteiger partial charge >= 0.3 is 0 Å². The van der Waals surface area contributed by atoms with Gasteiger partial charge in [0.05, 0.1) is 11.6 Å². The summed E-state index contributed by atoms with van der Waals surface area (Å²) in [6.45, 7) is 1.77. The summed E-state index contributed by atoms with van der Waals surface area (Å²) in [7, 11) is 0. The lowest BCUT2D eigenvalue weighted by Gasteiger charge is -2.11. The first kappa shape index (κ1) is 12.7. The van der Waals surface area contributed by atoms with Crippen LogP contribution in [0.2, 0.25) is 0 Å². The maximum Gasteiger partial charge on any atom is 0.253 e. The molecule has 1 heterocycles. The van der Waals surface area contributed by atoms with Gasteiger partial charge in [-0.1, -0.05) is 0 Å². The number of hydrogen-bond acceptors (Lipinski definition) is 3. The fourth-order valence-corrected chi connectivity index (χ4v) is 1.97. The van der Waals surface area contributed by atoms with E-state index in [1.165, 1.54) is 24.5 Å². The summed E-state index contributed by atoms with van der Waals surface area (Å²) in [6.07, 6.45) is 1.37. The van der Waals surface area contributed by atoms with Gasteiger partial charge in [-0.05, 0) is 41.1 Å². The molecule has 0 spiro atoms. The van der Waals surface area contributed by atoms with Crippen molar-refractivity contribution in [3.05, 3.63) is 46.2 Å². The SMILES string of the molecule is CC(NC(=O)c1ccc(F)cc1Br)c1ncn[nH]1. The average Bonchev–Trinajstić information content (AvgIpc) is 2.81. The Hall–Kier alpha value is -1.76. The Bertz CT molecular complexity index is 558. The van der Waals surface area contributed by atoms with E-state index in [0.29, 0.717) is 15.9 Å². The first-order chi connectivity index (χ1) is 8.58. The van der Waals surface area contributed by atoms with E-state index in [2.05, 4.69) is 36.4 Å². The zero-order valence-corrected chi connectivity index (χ0v) is 11.0. The molecule has 0 saturated carbocycles. The molecule has 5 nitrogen and oxygen atoms in total. The molecule has 7 heteroatoms. The number of benzene rings is 1. The van der Waals surface area contributed by atoms with E-state index in [-0.39, 0.29) is 11.9 Å². The molecule has 0 aliphatic carbocycles. The van der Waals surface area contributed by atoms with Gasteiger partial charge in [0.25, 0.3) is 5.91 Å². The van der Waals surface area contributed by atoms with Crippen molar-refractivity contribution in [1.29, 1.82) is 0 Å². The van der Waals surface area contributed by atoms with E-state index in [9.17, 15) is 9.18 Å². The minimum absolute atomic E-state index is 0.308. The molecular formula is C11H10BrFN4O. The van der Waals surface area contributed by atoms with Gasteiger partial charge in [0.1, 0.15) is 18.0 Å². The Kier molecular flexibility index (Phi) is 3.71. The Morgan fingerprint density at radius 1 is 1.56 bits per heavy atom. The van der Waals surface area contributed by atoms with Gasteiger partial charge in [0, 0.05) is 4.47 Å². The molecule has 0 aliphatic rings. The molecule has 18 heavy (non-hydrogen) atoms. The number of halogens is 2. The molecule has 0 bridgehead atoms. The van der Waals surface area contributed by atoms with E-state index < -0.39 is 5.82 Å². The van der Waals surface area contributed by atoms with Gasteiger partial charge in [0.15, 0.2) is 0 Å². The Morgan fingerprint density at radius 2 is 2.33 bits per heavy atom. The number of aromatic nitrogens is 3. The summed E-state index contributed by atoms with van der Waals surface area (Å²) in [6, 6.07) is 3.59. The number of H-pyrrole nitrogens is 1. The van der Waals surface area contributed by atoms with Crippen molar-refractivity contribution in [1.82, 2.24) is 20.5 Å². The lowest BCUT2D eigenvalue weighted by Crippen LogP contribution is -2.27.